The molecule has 7 nitrogen and oxygen atoms in total. The Hall–Kier alpha value is -2.80. The maximum absolute atomic E-state index is 12.5. The number of hydrogen-bond donors (Lipinski definition) is 0. The Morgan fingerprint density at radius 3 is 2.37 bits per heavy atom. The smallest absolute Gasteiger partial charge is 0.342 e. The number of aryl methyl sites for hydroxylation is 1. The number of nitrogens with zero attached hydrogens (tertiary/aromatic N) is 1. The van der Waals surface area contributed by atoms with Gasteiger partial charge in [-0.1, -0.05) is 0 Å². The molecule has 0 aliphatic rings. The molecule has 2 rings (SSSR count). The van der Waals surface area contributed by atoms with Gasteiger partial charge < -0.3 is 23.5 Å². The van der Waals surface area contributed by atoms with E-state index in [4.69, 9.17) is 18.9 Å². The van der Waals surface area contributed by atoms with Crippen LogP contribution in [0.4, 0.5) is 0 Å². The van der Waals surface area contributed by atoms with E-state index in [9.17, 15) is 9.59 Å². The summed E-state index contributed by atoms with van der Waals surface area (Å²) in [6.45, 7) is 4.65. The molecule has 0 spiro atoms. The van der Waals surface area contributed by atoms with Gasteiger partial charge in [0.05, 0.1) is 20.8 Å². The average molecular weight is 375 g/mol. The zero-order valence-corrected chi connectivity index (χ0v) is 16.3. The first-order valence-corrected chi connectivity index (χ1v) is 8.51. The van der Waals surface area contributed by atoms with Crippen LogP contribution in [0.5, 0.6) is 11.5 Å². The van der Waals surface area contributed by atoms with Crippen molar-refractivity contribution in [1.29, 1.82) is 0 Å². The van der Waals surface area contributed by atoms with Crippen LogP contribution in [-0.4, -0.2) is 50.9 Å². The van der Waals surface area contributed by atoms with Gasteiger partial charge in [-0.25, -0.2) is 4.79 Å². The summed E-state index contributed by atoms with van der Waals surface area (Å²) in [5, 5.41) is 0. The second kappa shape index (κ2) is 9.23. The first-order valence-electron chi connectivity index (χ1n) is 8.51. The minimum absolute atomic E-state index is 0.233. The van der Waals surface area contributed by atoms with E-state index >= 15 is 0 Å². The SMILES string of the molecule is COCCn1c(C)cc(C(=O)COC(=O)c2ccc(OC)cc2OC)c1C. The van der Waals surface area contributed by atoms with Crippen molar-refractivity contribution >= 4 is 11.8 Å². The van der Waals surface area contributed by atoms with Crippen molar-refractivity contribution in [2.45, 2.75) is 20.4 Å². The van der Waals surface area contributed by atoms with Gasteiger partial charge in [0.15, 0.2) is 6.61 Å². The lowest BCUT2D eigenvalue weighted by molar-refractivity contribution is 0.0471. The summed E-state index contributed by atoms with van der Waals surface area (Å²) in [6.07, 6.45) is 0. The van der Waals surface area contributed by atoms with Crippen LogP contribution in [0.2, 0.25) is 0 Å². The fraction of sp³-hybridized carbons (Fsp3) is 0.400. The summed E-state index contributed by atoms with van der Waals surface area (Å²) in [5.41, 5.74) is 2.55. The third kappa shape index (κ3) is 4.68. The van der Waals surface area contributed by atoms with Crippen LogP contribution in [0.1, 0.15) is 32.1 Å². The van der Waals surface area contributed by atoms with E-state index in [-0.39, 0.29) is 18.0 Å². The third-order valence-corrected chi connectivity index (χ3v) is 4.36. The molecule has 1 aromatic heterocycles. The van der Waals surface area contributed by atoms with Crippen molar-refractivity contribution in [3.8, 4) is 11.5 Å². The van der Waals surface area contributed by atoms with Gasteiger partial charge in [-0.05, 0) is 32.0 Å². The second-order valence-corrected chi connectivity index (χ2v) is 5.99. The third-order valence-electron chi connectivity index (χ3n) is 4.36. The molecule has 0 bridgehead atoms. The van der Waals surface area contributed by atoms with Gasteiger partial charge >= 0.3 is 5.97 Å². The number of aromatic nitrogens is 1. The van der Waals surface area contributed by atoms with Gasteiger partial charge in [-0.2, -0.15) is 0 Å². The number of Topliss-reactive ketones (excluding diaryl/α,β-unsaturated/α-hetero) is 1. The molecule has 7 heteroatoms. The topological polar surface area (TPSA) is 76.0 Å². The maximum atomic E-state index is 12.5. The Balaban J connectivity index is 2.08. The van der Waals surface area contributed by atoms with Crippen molar-refractivity contribution < 1.29 is 28.5 Å². The highest BCUT2D eigenvalue weighted by Crippen LogP contribution is 2.25. The summed E-state index contributed by atoms with van der Waals surface area (Å²) >= 11 is 0. The number of rotatable bonds is 9. The lowest BCUT2D eigenvalue weighted by atomic mass is 10.1. The average Bonchev–Trinajstić information content (AvgIpc) is 2.97. The number of hydrogen-bond acceptors (Lipinski definition) is 6. The van der Waals surface area contributed by atoms with Crippen LogP contribution in [0.15, 0.2) is 24.3 Å². The molecule has 0 unspecified atom stereocenters. The van der Waals surface area contributed by atoms with Crippen molar-refractivity contribution in [3.63, 3.8) is 0 Å². The van der Waals surface area contributed by atoms with Crippen LogP contribution in [0.3, 0.4) is 0 Å². The number of ketones is 1. The molecule has 2 aromatic rings. The number of esters is 1. The first kappa shape index (κ1) is 20.5. The van der Waals surface area contributed by atoms with E-state index in [1.54, 1.807) is 31.4 Å². The molecular formula is C20H25NO6. The summed E-state index contributed by atoms with van der Waals surface area (Å²) in [7, 11) is 4.60. The highest BCUT2D eigenvalue weighted by molar-refractivity contribution is 6.01. The molecule has 146 valence electrons. The van der Waals surface area contributed by atoms with Gasteiger partial charge in [0.2, 0.25) is 5.78 Å². The largest absolute Gasteiger partial charge is 0.497 e. The molecule has 27 heavy (non-hydrogen) atoms. The van der Waals surface area contributed by atoms with Crippen LogP contribution in [-0.2, 0) is 16.0 Å². The fourth-order valence-corrected chi connectivity index (χ4v) is 2.86. The first-order chi connectivity index (χ1) is 12.9. The summed E-state index contributed by atoms with van der Waals surface area (Å²) in [4.78, 5) is 24.9. The van der Waals surface area contributed by atoms with Crippen molar-refractivity contribution in [2.75, 3.05) is 34.5 Å². The number of ether oxygens (including phenoxy) is 4. The Kier molecular flexibility index (Phi) is 7.01. The summed E-state index contributed by atoms with van der Waals surface area (Å²) in [5.74, 6) is -0.00356. The minimum Gasteiger partial charge on any atom is -0.497 e. The molecule has 0 aliphatic carbocycles. The van der Waals surface area contributed by atoms with Crippen molar-refractivity contribution in [1.82, 2.24) is 4.57 Å². The number of methoxy groups -OCH3 is 3. The van der Waals surface area contributed by atoms with Crippen molar-refractivity contribution in [2.24, 2.45) is 0 Å². The predicted octanol–water partition coefficient (Wildman–Crippen LogP) is 2.81. The highest BCUT2D eigenvalue weighted by Gasteiger charge is 2.20. The quantitative estimate of drug-likeness (QED) is 0.496. The number of carbonyl (C=O) groups excluding carboxylic acids is 2. The van der Waals surface area contributed by atoms with Gasteiger partial charge in [-0.15, -0.1) is 0 Å². The van der Waals surface area contributed by atoms with Crippen LogP contribution < -0.4 is 9.47 Å². The zero-order valence-electron chi connectivity index (χ0n) is 16.3. The standard InChI is InChI=1S/C20H25NO6/c1-13-10-17(14(2)21(13)8-9-24-3)18(22)12-27-20(23)16-7-6-15(25-4)11-19(16)26-5/h6-7,10-11H,8-9,12H2,1-5H3. The van der Waals surface area contributed by atoms with E-state index in [0.717, 1.165) is 11.4 Å². The monoisotopic (exact) mass is 375 g/mol. The molecule has 1 heterocycles. The molecule has 0 saturated carbocycles. The van der Waals surface area contributed by atoms with E-state index in [1.165, 1.54) is 14.2 Å². The Labute approximate surface area is 158 Å². The minimum atomic E-state index is -0.629. The molecule has 0 saturated heterocycles. The predicted molar refractivity (Wildman–Crippen MR) is 99.9 cm³/mol. The fourth-order valence-electron chi connectivity index (χ4n) is 2.86. The molecule has 0 N–H and O–H groups in total. The summed E-state index contributed by atoms with van der Waals surface area (Å²) in [6, 6.07) is 6.56. The van der Waals surface area contributed by atoms with E-state index in [1.807, 2.05) is 18.4 Å². The lowest BCUT2D eigenvalue weighted by Gasteiger charge is -2.10. The maximum Gasteiger partial charge on any atom is 0.342 e. The van der Waals surface area contributed by atoms with Gasteiger partial charge in [0.1, 0.15) is 17.1 Å². The molecule has 0 radical (unpaired) electrons. The van der Waals surface area contributed by atoms with E-state index in [0.29, 0.717) is 30.2 Å². The molecule has 1 aromatic carbocycles. The lowest BCUT2D eigenvalue weighted by Crippen LogP contribution is -2.16. The van der Waals surface area contributed by atoms with Gasteiger partial charge in [0, 0.05) is 36.7 Å². The number of benzene rings is 1. The van der Waals surface area contributed by atoms with Crippen LogP contribution in [0.25, 0.3) is 0 Å². The summed E-state index contributed by atoms with van der Waals surface area (Å²) < 4.78 is 22.6. The van der Waals surface area contributed by atoms with Crippen LogP contribution >= 0.6 is 0 Å². The van der Waals surface area contributed by atoms with Gasteiger partial charge in [-0.3, -0.25) is 4.79 Å². The molecular weight excluding hydrogens is 350 g/mol. The normalized spacial score (nSPS) is 10.6. The molecule has 0 aliphatic heterocycles. The second-order valence-electron chi connectivity index (χ2n) is 5.99. The van der Waals surface area contributed by atoms with Crippen molar-refractivity contribution in [3.05, 3.63) is 46.8 Å². The Bertz CT molecular complexity index is 824. The van der Waals surface area contributed by atoms with Crippen LogP contribution in [0, 0.1) is 13.8 Å². The number of carbonyl (C=O) groups is 2. The highest BCUT2D eigenvalue weighted by atomic mass is 16.5. The Morgan fingerprint density at radius 2 is 1.74 bits per heavy atom. The van der Waals surface area contributed by atoms with E-state index < -0.39 is 5.97 Å². The zero-order chi connectivity index (χ0) is 20.0. The van der Waals surface area contributed by atoms with E-state index in [2.05, 4.69) is 0 Å². The molecule has 0 fully saturated rings. The molecule has 0 atom stereocenters. The molecule has 0 amide bonds. The van der Waals surface area contributed by atoms with Gasteiger partial charge in [0.25, 0.3) is 0 Å². The Morgan fingerprint density at radius 1 is 1.00 bits per heavy atom.